The van der Waals surface area contributed by atoms with Crippen LogP contribution in [0.2, 0.25) is 0 Å². The molecule has 0 spiro atoms. The molecule has 4 nitrogen and oxygen atoms in total. The molecular weight excluding hydrogens is 146 g/mol. The molecule has 60 valence electrons. The molecule has 1 aliphatic heterocycles. The Morgan fingerprint density at radius 1 is 1.64 bits per heavy atom. The van der Waals surface area contributed by atoms with E-state index >= 15 is 0 Å². The Balaban J connectivity index is 2.48. The minimum absolute atomic E-state index is 0.00231. The van der Waals surface area contributed by atoms with Gasteiger partial charge in [0, 0.05) is 25.2 Å². The van der Waals surface area contributed by atoms with E-state index in [-0.39, 0.29) is 5.91 Å². The number of likely N-dealkylation sites (tertiary alicyclic amines) is 1. The molecule has 1 saturated heterocycles. The molecule has 0 aromatic rings. The normalized spacial score (nSPS) is 18.2. The van der Waals surface area contributed by atoms with Crippen molar-refractivity contribution in [3.05, 3.63) is 12.3 Å². The third-order valence-corrected chi connectivity index (χ3v) is 1.51. The number of nitrogens with zero attached hydrogens (tertiary/aromatic N) is 1. The average molecular weight is 155 g/mol. The van der Waals surface area contributed by atoms with Gasteiger partial charge in [-0.25, -0.2) is 4.79 Å². The van der Waals surface area contributed by atoms with Crippen molar-refractivity contribution in [2.75, 3.05) is 6.54 Å². The molecule has 0 bridgehead atoms. The van der Waals surface area contributed by atoms with Crippen molar-refractivity contribution in [2.45, 2.75) is 12.8 Å². The highest BCUT2D eigenvalue weighted by molar-refractivity contribution is 5.83. The van der Waals surface area contributed by atoms with Crippen LogP contribution in [0.15, 0.2) is 12.3 Å². The van der Waals surface area contributed by atoms with E-state index in [9.17, 15) is 9.59 Å². The minimum atomic E-state index is -1.02. The Kier molecular flexibility index (Phi) is 2.25. The molecule has 0 radical (unpaired) electrons. The van der Waals surface area contributed by atoms with Crippen LogP contribution in [0, 0.1) is 0 Å². The van der Waals surface area contributed by atoms with Crippen LogP contribution in [0.1, 0.15) is 12.8 Å². The number of aliphatic carboxylic acids is 1. The second-order valence-electron chi connectivity index (χ2n) is 2.34. The first-order valence-corrected chi connectivity index (χ1v) is 3.41. The van der Waals surface area contributed by atoms with Crippen LogP contribution in [0.25, 0.3) is 0 Å². The van der Waals surface area contributed by atoms with Crippen LogP contribution in [-0.4, -0.2) is 28.4 Å². The number of hydrogen-bond donors (Lipinski definition) is 1. The van der Waals surface area contributed by atoms with Crippen molar-refractivity contribution in [3.63, 3.8) is 0 Å². The summed E-state index contributed by atoms with van der Waals surface area (Å²) in [6.45, 7) is 0.641. The van der Waals surface area contributed by atoms with Crippen molar-refractivity contribution in [1.82, 2.24) is 4.90 Å². The minimum Gasteiger partial charge on any atom is -0.478 e. The highest BCUT2D eigenvalue weighted by Gasteiger charge is 2.17. The van der Waals surface area contributed by atoms with E-state index < -0.39 is 5.97 Å². The number of rotatable bonds is 2. The lowest BCUT2D eigenvalue weighted by Crippen LogP contribution is -2.17. The summed E-state index contributed by atoms with van der Waals surface area (Å²) in [5.74, 6) is -1.02. The second kappa shape index (κ2) is 3.18. The van der Waals surface area contributed by atoms with Crippen LogP contribution in [0.4, 0.5) is 0 Å². The quantitative estimate of drug-likeness (QED) is 0.580. The Hall–Kier alpha value is -1.32. The van der Waals surface area contributed by atoms with Crippen LogP contribution in [-0.2, 0) is 9.59 Å². The molecule has 1 N–H and O–H groups in total. The maximum Gasteiger partial charge on any atom is 0.329 e. The number of carboxylic acids is 1. The third kappa shape index (κ3) is 2.07. The highest BCUT2D eigenvalue weighted by atomic mass is 16.4. The van der Waals surface area contributed by atoms with Crippen LogP contribution in [0.3, 0.4) is 0 Å². The molecule has 0 aliphatic carbocycles. The largest absolute Gasteiger partial charge is 0.478 e. The number of carboxylic acid groups (broad SMARTS) is 1. The van der Waals surface area contributed by atoms with Gasteiger partial charge in [-0.3, -0.25) is 4.79 Å². The van der Waals surface area contributed by atoms with Crippen molar-refractivity contribution in [2.24, 2.45) is 0 Å². The van der Waals surface area contributed by atoms with Gasteiger partial charge in [0.25, 0.3) is 0 Å². The van der Waals surface area contributed by atoms with Gasteiger partial charge in [0.2, 0.25) is 5.91 Å². The van der Waals surface area contributed by atoms with E-state index in [0.717, 1.165) is 12.5 Å². The van der Waals surface area contributed by atoms with Crippen LogP contribution >= 0.6 is 0 Å². The summed E-state index contributed by atoms with van der Waals surface area (Å²) in [5, 5.41) is 8.24. The van der Waals surface area contributed by atoms with Gasteiger partial charge in [-0.05, 0) is 6.42 Å². The Labute approximate surface area is 64.1 Å². The molecule has 4 heteroatoms. The zero-order valence-electron chi connectivity index (χ0n) is 5.99. The summed E-state index contributed by atoms with van der Waals surface area (Å²) in [4.78, 5) is 22.3. The Morgan fingerprint density at radius 3 is 2.82 bits per heavy atom. The first-order chi connectivity index (χ1) is 5.20. The molecule has 1 fully saturated rings. The zero-order valence-corrected chi connectivity index (χ0v) is 5.99. The van der Waals surface area contributed by atoms with E-state index in [0.29, 0.717) is 13.0 Å². The molecule has 11 heavy (non-hydrogen) atoms. The first kappa shape index (κ1) is 7.78. The topological polar surface area (TPSA) is 57.6 Å². The van der Waals surface area contributed by atoms with Crippen LogP contribution in [0.5, 0.6) is 0 Å². The SMILES string of the molecule is O=C(O)/C=C/N1CCCC1=O. The maximum atomic E-state index is 10.9. The summed E-state index contributed by atoms with van der Waals surface area (Å²) in [7, 11) is 0. The standard InChI is InChI=1S/C7H9NO3/c9-6-2-1-4-8(6)5-3-7(10)11/h3,5H,1-2,4H2,(H,10,11)/b5-3+. The monoisotopic (exact) mass is 155 g/mol. The van der Waals surface area contributed by atoms with Crippen molar-refractivity contribution in [3.8, 4) is 0 Å². The molecule has 0 unspecified atom stereocenters. The van der Waals surface area contributed by atoms with Gasteiger partial charge < -0.3 is 10.0 Å². The molecule has 1 rings (SSSR count). The average Bonchev–Trinajstić information content (AvgIpc) is 2.31. The zero-order chi connectivity index (χ0) is 8.27. The van der Waals surface area contributed by atoms with Gasteiger partial charge >= 0.3 is 5.97 Å². The molecule has 1 heterocycles. The summed E-state index contributed by atoms with van der Waals surface area (Å²) < 4.78 is 0. The fourth-order valence-electron chi connectivity index (χ4n) is 0.980. The third-order valence-electron chi connectivity index (χ3n) is 1.51. The predicted molar refractivity (Wildman–Crippen MR) is 37.7 cm³/mol. The predicted octanol–water partition coefficient (Wildman–Crippen LogP) is 0.207. The van der Waals surface area contributed by atoms with Gasteiger partial charge in [0.15, 0.2) is 0 Å². The lowest BCUT2D eigenvalue weighted by atomic mass is 10.4. The van der Waals surface area contributed by atoms with Gasteiger partial charge in [-0.15, -0.1) is 0 Å². The van der Waals surface area contributed by atoms with Crippen molar-refractivity contribution >= 4 is 11.9 Å². The second-order valence-corrected chi connectivity index (χ2v) is 2.34. The fraction of sp³-hybridized carbons (Fsp3) is 0.429. The van der Waals surface area contributed by atoms with Crippen molar-refractivity contribution < 1.29 is 14.7 Å². The molecule has 0 aromatic heterocycles. The summed E-state index contributed by atoms with van der Waals surface area (Å²) in [6, 6.07) is 0. The van der Waals surface area contributed by atoms with E-state index in [1.54, 1.807) is 0 Å². The Morgan fingerprint density at radius 2 is 2.36 bits per heavy atom. The molecule has 1 aliphatic rings. The van der Waals surface area contributed by atoms with E-state index in [1.165, 1.54) is 11.1 Å². The van der Waals surface area contributed by atoms with Crippen molar-refractivity contribution in [1.29, 1.82) is 0 Å². The van der Waals surface area contributed by atoms with Crippen LogP contribution < -0.4 is 0 Å². The van der Waals surface area contributed by atoms with Gasteiger partial charge in [0.1, 0.15) is 0 Å². The molecule has 0 aromatic carbocycles. The van der Waals surface area contributed by atoms with Gasteiger partial charge in [0.05, 0.1) is 0 Å². The molecular formula is C7H9NO3. The number of amides is 1. The maximum absolute atomic E-state index is 10.9. The van der Waals surface area contributed by atoms with E-state index in [1.807, 2.05) is 0 Å². The lowest BCUT2D eigenvalue weighted by Gasteiger charge is -2.06. The number of carbonyl (C=O) groups excluding carboxylic acids is 1. The lowest BCUT2D eigenvalue weighted by molar-refractivity contribution is -0.131. The fourth-order valence-corrected chi connectivity index (χ4v) is 0.980. The molecule has 1 amide bonds. The summed E-state index contributed by atoms with van der Waals surface area (Å²) in [5.41, 5.74) is 0. The highest BCUT2D eigenvalue weighted by Crippen LogP contribution is 2.09. The van der Waals surface area contributed by atoms with E-state index in [2.05, 4.69) is 0 Å². The summed E-state index contributed by atoms with van der Waals surface area (Å²) >= 11 is 0. The van der Waals surface area contributed by atoms with Gasteiger partial charge in [-0.1, -0.05) is 0 Å². The molecule has 0 saturated carbocycles. The number of hydrogen-bond acceptors (Lipinski definition) is 2. The smallest absolute Gasteiger partial charge is 0.329 e. The molecule has 0 atom stereocenters. The van der Waals surface area contributed by atoms with E-state index in [4.69, 9.17) is 5.11 Å². The summed E-state index contributed by atoms with van der Waals surface area (Å²) in [6.07, 6.45) is 3.65. The Bertz CT molecular complexity index is 210. The first-order valence-electron chi connectivity index (χ1n) is 3.41. The number of carbonyl (C=O) groups is 2. The van der Waals surface area contributed by atoms with Gasteiger partial charge in [-0.2, -0.15) is 0 Å².